The zero-order valence-electron chi connectivity index (χ0n) is 20.3. The monoisotopic (exact) mass is 580 g/mol. The second-order valence-corrected chi connectivity index (χ2v) is 8.89. The Morgan fingerprint density at radius 2 is 1.57 bits per heavy atom. The third-order valence-electron chi connectivity index (χ3n) is 6.08. The molecule has 4 rings (SSSR count). The highest BCUT2D eigenvalue weighted by atomic mass is 19.4. The van der Waals surface area contributed by atoms with E-state index in [1.54, 1.807) is 0 Å². The highest BCUT2D eigenvalue weighted by molar-refractivity contribution is 5.75. The van der Waals surface area contributed by atoms with Crippen LogP contribution in [0.2, 0.25) is 0 Å². The summed E-state index contributed by atoms with van der Waals surface area (Å²) in [5.41, 5.74) is 0.715. The van der Waals surface area contributed by atoms with E-state index in [2.05, 4.69) is 9.47 Å². The molecule has 1 heterocycles. The number of hydrogen-bond donors (Lipinski definition) is 1. The molecule has 0 fully saturated rings. The normalized spacial score (nSPS) is 16.6. The molecule has 2 unspecified atom stereocenters. The maximum atomic E-state index is 14.3. The molecule has 40 heavy (non-hydrogen) atoms. The lowest BCUT2D eigenvalue weighted by atomic mass is 9.98. The lowest BCUT2D eigenvalue weighted by molar-refractivity contribution is -0.274. The van der Waals surface area contributed by atoms with Gasteiger partial charge in [0.1, 0.15) is 17.3 Å². The van der Waals surface area contributed by atoms with Gasteiger partial charge in [-0.15, -0.1) is 13.2 Å². The van der Waals surface area contributed by atoms with Crippen molar-refractivity contribution in [2.75, 3.05) is 22.9 Å². The van der Waals surface area contributed by atoms with Crippen molar-refractivity contribution in [3.05, 3.63) is 83.7 Å². The number of fused-ring (bicyclic) bond motifs is 1. The molecule has 0 aliphatic carbocycles. The van der Waals surface area contributed by atoms with Crippen LogP contribution in [0.5, 0.6) is 11.5 Å². The summed E-state index contributed by atoms with van der Waals surface area (Å²) >= 11 is 0. The lowest BCUT2D eigenvalue weighted by Gasteiger charge is -2.45. The van der Waals surface area contributed by atoms with Crippen molar-refractivity contribution in [1.29, 1.82) is 0 Å². The first-order chi connectivity index (χ1) is 18.7. The Morgan fingerprint density at radius 1 is 0.875 bits per heavy atom. The van der Waals surface area contributed by atoms with E-state index in [-0.39, 0.29) is 35.8 Å². The maximum absolute atomic E-state index is 14.3. The number of benzene rings is 3. The Labute approximate surface area is 221 Å². The molecule has 0 bridgehead atoms. The van der Waals surface area contributed by atoms with E-state index in [4.69, 9.17) is 0 Å². The summed E-state index contributed by atoms with van der Waals surface area (Å²) in [5.74, 6) is -1.51. The molecule has 0 radical (unpaired) electrons. The van der Waals surface area contributed by atoms with E-state index in [1.165, 1.54) is 52.3 Å². The van der Waals surface area contributed by atoms with Gasteiger partial charge in [0.25, 0.3) is 0 Å². The molecule has 14 heteroatoms. The quantitative estimate of drug-likeness (QED) is 0.297. The Balaban J connectivity index is 1.77. The minimum atomic E-state index is -5.00. The van der Waals surface area contributed by atoms with Gasteiger partial charge in [0.05, 0.1) is 24.0 Å². The van der Waals surface area contributed by atoms with Gasteiger partial charge in [-0.2, -0.15) is 22.0 Å². The Kier molecular flexibility index (Phi) is 8.28. The second kappa shape index (κ2) is 11.4. The van der Waals surface area contributed by atoms with Gasteiger partial charge in [0.2, 0.25) is 0 Å². The highest BCUT2D eigenvalue weighted by Crippen LogP contribution is 2.43. The average molecular weight is 580 g/mol. The van der Waals surface area contributed by atoms with Crippen molar-refractivity contribution in [3.63, 3.8) is 0 Å². The lowest BCUT2D eigenvalue weighted by Crippen LogP contribution is -2.49. The van der Waals surface area contributed by atoms with E-state index in [0.717, 1.165) is 24.3 Å². The number of halogens is 9. The summed E-state index contributed by atoms with van der Waals surface area (Å²) in [7, 11) is 0. The second-order valence-electron chi connectivity index (χ2n) is 8.89. The Bertz CT molecular complexity index is 1320. The van der Waals surface area contributed by atoms with Gasteiger partial charge in [0, 0.05) is 13.1 Å². The van der Waals surface area contributed by atoms with Gasteiger partial charge in [-0.1, -0.05) is 24.3 Å². The van der Waals surface area contributed by atoms with Crippen molar-refractivity contribution in [3.8, 4) is 11.5 Å². The summed E-state index contributed by atoms with van der Waals surface area (Å²) in [6, 6.07) is 12.5. The molecule has 5 nitrogen and oxygen atoms in total. The van der Waals surface area contributed by atoms with Crippen LogP contribution in [-0.2, 0) is 6.54 Å². The number of alkyl halides is 8. The van der Waals surface area contributed by atoms with Gasteiger partial charge in [-0.25, -0.2) is 4.39 Å². The third-order valence-corrected chi connectivity index (χ3v) is 6.08. The molecular weight excluding hydrogens is 559 g/mol. The molecule has 0 aromatic heterocycles. The summed E-state index contributed by atoms with van der Waals surface area (Å²) < 4.78 is 127. The van der Waals surface area contributed by atoms with E-state index >= 15 is 0 Å². The summed E-state index contributed by atoms with van der Waals surface area (Å²) in [5, 5.41) is 9.90. The van der Waals surface area contributed by atoms with Crippen molar-refractivity contribution in [2.45, 2.75) is 37.8 Å². The van der Waals surface area contributed by atoms with E-state index in [1.807, 2.05) is 0 Å². The summed E-state index contributed by atoms with van der Waals surface area (Å²) in [6.07, 6.45) is -12.8. The highest BCUT2D eigenvalue weighted by Gasteiger charge is 2.42. The van der Waals surface area contributed by atoms with Crippen molar-refractivity contribution < 1.29 is 54.1 Å². The third kappa shape index (κ3) is 7.23. The predicted molar refractivity (Wildman–Crippen MR) is 126 cm³/mol. The number of β-amino-alcohol motifs (C(OH)–C–C–N with tert-alkyl or cyclic N) is 1. The molecule has 1 aliphatic heterocycles. The van der Waals surface area contributed by atoms with Crippen LogP contribution in [0.15, 0.2) is 66.7 Å². The van der Waals surface area contributed by atoms with Crippen LogP contribution in [0, 0.1) is 5.82 Å². The Hall–Kier alpha value is -3.81. The molecule has 0 spiro atoms. The van der Waals surface area contributed by atoms with Crippen LogP contribution < -0.4 is 19.3 Å². The molecule has 1 N–H and O–H groups in total. The van der Waals surface area contributed by atoms with Gasteiger partial charge < -0.3 is 24.4 Å². The molecule has 216 valence electrons. The minimum Gasteiger partial charge on any atom is -0.435 e. The maximum Gasteiger partial charge on any atom is 0.573 e. The number of rotatable bonds is 8. The van der Waals surface area contributed by atoms with E-state index in [9.17, 15) is 44.6 Å². The molecule has 3 aromatic rings. The molecule has 3 aromatic carbocycles. The first kappa shape index (κ1) is 29.2. The Morgan fingerprint density at radius 3 is 2.25 bits per heavy atom. The minimum absolute atomic E-state index is 0.0730. The van der Waals surface area contributed by atoms with Gasteiger partial charge >= 0.3 is 19.2 Å². The van der Waals surface area contributed by atoms with Crippen LogP contribution in [0.1, 0.15) is 17.2 Å². The first-order valence-corrected chi connectivity index (χ1v) is 11.6. The number of ether oxygens (including phenoxy) is 2. The molecule has 2 atom stereocenters. The number of hydrogen-bond acceptors (Lipinski definition) is 5. The van der Waals surface area contributed by atoms with Crippen molar-refractivity contribution in [2.24, 2.45) is 0 Å². The summed E-state index contributed by atoms with van der Waals surface area (Å²) in [6.45, 7) is -4.43. The van der Waals surface area contributed by atoms with Crippen LogP contribution in [0.4, 0.5) is 50.9 Å². The van der Waals surface area contributed by atoms with Crippen molar-refractivity contribution >= 4 is 11.4 Å². The van der Waals surface area contributed by atoms with Crippen LogP contribution in [-0.4, -0.2) is 43.5 Å². The zero-order chi connectivity index (χ0) is 29.2. The zero-order valence-corrected chi connectivity index (χ0v) is 20.3. The van der Waals surface area contributed by atoms with E-state index in [0.29, 0.717) is 5.56 Å². The standard InChI is InChI=1S/C26H21F9N2O3/c27-17-7-8-20-21(11-17)36(12-15-3-1-6-19(9-15)40-26(33,34)35)13-22(37(20)14-23(38)25(30,31)32)16-4-2-5-18(10-16)39-24(28)29/h1-11,22-24,38H,12-14H2. The molecule has 1 aliphatic rings. The molecule has 0 saturated heterocycles. The van der Waals surface area contributed by atoms with E-state index < -0.39 is 49.4 Å². The van der Waals surface area contributed by atoms with Gasteiger partial charge in [-0.05, 0) is 53.6 Å². The van der Waals surface area contributed by atoms with Crippen molar-refractivity contribution in [1.82, 2.24) is 0 Å². The first-order valence-electron chi connectivity index (χ1n) is 11.6. The molecule has 0 saturated carbocycles. The fourth-order valence-corrected chi connectivity index (χ4v) is 4.48. The van der Waals surface area contributed by atoms with Crippen LogP contribution >= 0.6 is 0 Å². The predicted octanol–water partition coefficient (Wildman–Crippen LogP) is 6.82. The topological polar surface area (TPSA) is 45.2 Å². The van der Waals surface area contributed by atoms with Crippen LogP contribution in [0.3, 0.4) is 0 Å². The largest absolute Gasteiger partial charge is 0.573 e. The van der Waals surface area contributed by atoms with Crippen LogP contribution in [0.25, 0.3) is 0 Å². The molecular formula is C26H21F9N2O3. The smallest absolute Gasteiger partial charge is 0.435 e. The number of anilines is 2. The number of aliphatic hydroxyl groups is 1. The fraction of sp³-hybridized carbons (Fsp3) is 0.308. The summed E-state index contributed by atoms with van der Waals surface area (Å²) in [4.78, 5) is 2.70. The number of aliphatic hydroxyl groups excluding tert-OH is 1. The van der Waals surface area contributed by atoms with Gasteiger partial charge in [-0.3, -0.25) is 0 Å². The van der Waals surface area contributed by atoms with Gasteiger partial charge in [0.15, 0.2) is 6.10 Å². The fourth-order valence-electron chi connectivity index (χ4n) is 4.48. The SMILES string of the molecule is OC(CN1c2ccc(F)cc2N(Cc2cccc(OC(F)(F)F)c2)CC1c1cccc(OC(F)F)c1)C(F)(F)F. The number of nitrogens with zero attached hydrogens (tertiary/aromatic N) is 2. The average Bonchev–Trinajstić information content (AvgIpc) is 2.83. The molecule has 0 amide bonds.